The van der Waals surface area contributed by atoms with Crippen LogP contribution in [-0.2, 0) is 6.42 Å². The van der Waals surface area contributed by atoms with E-state index in [2.05, 4.69) is 19.1 Å². The van der Waals surface area contributed by atoms with Crippen molar-refractivity contribution in [2.45, 2.75) is 84.0 Å². The number of hydrogen-bond acceptors (Lipinski definition) is 0. The van der Waals surface area contributed by atoms with Gasteiger partial charge in [0.2, 0.25) is 0 Å². The first-order valence-electron chi connectivity index (χ1n) is 12.7. The maximum absolute atomic E-state index is 15.0. The highest BCUT2D eigenvalue weighted by Gasteiger charge is 2.23. The molecule has 0 amide bonds. The van der Waals surface area contributed by atoms with Crippen molar-refractivity contribution in [1.82, 2.24) is 0 Å². The Hall–Kier alpha value is -2.29. The highest BCUT2D eigenvalue weighted by molar-refractivity contribution is 5.89. The third-order valence-corrected chi connectivity index (χ3v) is 7.48. The lowest BCUT2D eigenvalue weighted by Gasteiger charge is -2.29. The normalized spacial score (nSPS) is 18.7. The molecule has 4 rings (SSSR count). The van der Waals surface area contributed by atoms with Gasteiger partial charge in [-0.05, 0) is 72.1 Å². The predicted octanol–water partition coefficient (Wildman–Crippen LogP) is 9.73. The molecule has 1 fully saturated rings. The van der Waals surface area contributed by atoms with Crippen molar-refractivity contribution in [3.8, 4) is 11.1 Å². The smallest absolute Gasteiger partial charge is 0.170 e. The monoisotopic (exact) mass is 452 g/mol. The van der Waals surface area contributed by atoms with Crippen LogP contribution < -0.4 is 0 Å². The summed E-state index contributed by atoms with van der Waals surface area (Å²) in [6, 6.07) is 12.8. The maximum Gasteiger partial charge on any atom is 0.170 e. The summed E-state index contributed by atoms with van der Waals surface area (Å²) < 4.78 is 44.7. The highest BCUT2D eigenvalue weighted by atomic mass is 19.2. The fraction of sp³-hybridized carbons (Fsp3) is 0.467. The van der Waals surface area contributed by atoms with Gasteiger partial charge in [-0.2, -0.15) is 0 Å². The van der Waals surface area contributed by atoms with Gasteiger partial charge in [-0.25, -0.2) is 13.2 Å². The standard InChI is InChI=1S/C30H35F3/c1-3-5-6-8-20-9-11-21(12-10-20)22-13-15-23(16-14-22)26-19-25-18-17-24(7-4-2)28(31)27(25)30(33)29(26)32/h13-21H,3-12H2,1-2H3. The Kier molecular flexibility index (Phi) is 7.78. The summed E-state index contributed by atoms with van der Waals surface area (Å²) in [4.78, 5) is 0. The molecule has 1 aliphatic rings. The molecule has 3 aromatic rings. The van der Waals surface area contributed by atoms with Crippen molar-refractivity contribution in [2.24, 2.45) is 5.92 Å². The van der Waals surface area contributed by atoms with E-state index in [-0.39, 0.29) is 10.9 Å². The number of halogens is 3. The number of benzene rings is 3. The summed E-state index contributed by atoms with van der Waals surface area (Å²) in [5.74, 6) is -1.30. The summed E-state index contributed by atoms with van der Waals surface area (Å²) in [6.45, 7) is 4.19. The Morgan fingerprint density at radius 2 is 1.48 bits per heavy atom. The number of aryl methyl sites for hydroxylation is 1. The third kappa shape index (κ3) is 5.13. The SMILES string of the molecule is CCCCCC1CCC(c2ccc(-c3cc4ccc(CCC)c(F)c4c(F)c3F)cc2)CC1. The van der Waals surface area contributed by atoms with Crippen LogP contribution in [0.3, 0.4) is 0 Å². The summed E-state index contributed by atoms with van der Waals surface area (Å²) >= 11 is 0. The lowest BCUT2D eigenvalue weighted by atomic mass is 9.77. The van der Waals surface area contributed by atoms with Gasteiger partial charge in [-0.3, -0.25) is 0 Å². The Labute approximate surface area is 196 Å². The maximum atomic E-state index is 15.0. The van der Waals surface area contributed by atoms with Gasteiger partial charge in [-0.1, -0.05) is 82.3 Å². The molecule has 0 N–H and O–H groups in total. The zero-order chi connectivity index (χ0) is 23.4. The molecule has 0 radical (unpaired) electrons. The van der Waals surface area contributed by atoms with Crippen molar-refractivity contribution in [3.63, 3.8) is 0 Å². The van der Waals surface area contributed by atoms with Crippen LogP contribution in [0.5, 0.6) is 0 Å². The Balaban J connectivity index is 1.53. The molecule has 0 atom stereocenters. The number of rotatable bonds is 8. The average molecular weight is 453 g/mol. The van der Waals surface area contributed by atoms with Crippen molar-refractivity contribution in [2.75, 3.05) is 0 Å². The van der Waals surface area contributed by atoms with Gasteiger partial charge in [0.1, 0.15) is 5.82 Å². The van der Waals surface area contributed by atoms with E-state index >= 15 is 0 Å². The minimum Gasteiger partial charge on any atom is -0.206 e. The minimum atomic E-state index is -1.09. The van der Waals surface area contributed by atoms with E-state index < -0.39 is 17.5 Å². The summed E-state index contributed by atoms with van der Waals surface area (Å²) in [6.07, 6.45) is 11.5. The Morgan fingerprint density at radius 3 is 2.15 bits per heavy atom. The third-order valence-electron chi connectivity index (χ3n) is 7.48. The largest absolute Gasteiger partial charge is 0.206 e. The van der Waals surface area contributed by atoms with E-state index in [0.717, 1.165) is 12.3 Å². The molecule has 1 aliphatic carbocycles. The second-order valence-corrected chi connectivity index (χ2v) is 9.77. The zero-order valence-electron chi connectivity index (χ0n) is 19.9. The van der Waals surface area contributed by atoms with E-state index in [1.807, 2.05) is 19.1 Å². The van der Waals surface area contributed by atoms with E-state index in [9.17, 15) is 13.2 Å². The number of hydrogen-bond donors (Lipinski definition) is 0. The first kappa shape index (κ1) is 23.9. The Bertz CT molecular complexity index is 1080. The van der Waals surface area contributed by atoms with Crippen LogP contribution in [0.15, 0.2) is 42.5 Å². The van der Waals surface area contributed by atoms with Crippen LogP contribution in [0.1, 0.15) is 88.7 Å². The summed E-state index contributed by atoms with van der Waals surface area (Å²) in [7, 11) is 0. The van der Waals surface area contributed by atoms with Gasteiger partial charge in [-0.15, -0.1) is 0 Å². The molecule has 0 spiro atoms. The quantitative estimate of drug-likeness (QED) is 0.298. The molecule has 3 aromatic carbocycles. The van der Waals surface area contributed by atoms with Crippen LogP contribution in [0.25, 0.3) is 21.9 Å². The lowest BCUT2D eigenvalue weighted by molar-refractivity contribution is 0.303. The van der Waals surface area contributed by atoms with E-state index in [4.69, 9.17) is 0 Å². The predicted molar refractivity (Wildman–Crippen MR) is 132 cm³/mol. The van der Waals surface area contributed by atoms with Crippen LogP contribution >= 0.6 is 0 Å². The zero-order valence-corrected chi connectivity index (χ0v) is 19.9. The second-order valence-electron chi connectivity index (χ2n) is 9.77. The fourth-order valence-corrected chi connectivity index (χ4v) is 5.50. The molecule has 0 nitrogen and oxygen atoms in total. The van der Waals surface area contributed by atoms with Gasteiger partial charge in [0.15, 0.2) is 11.6 Å². The topological polar surface area (TPSA) is 0 Å². The molecule has 33 heavy (non-hydrogen) atoms. The molecular formula is C30H35F3. The van der Waals surface area contributed by atoms with E-state index in [1.165, 1.54) is 56.9 Å². The highest BCUT2D eigenvalue weighted by Crippen LogP contribution is 2.39. The fourth-order valence-electron chi connectivity index (χ4n) is 5.50. The van der Waals surface area contributed by atoms with E-state index in [1.54, 1.807) is 18.2 Å². The van der Waals surface area contributed by atoms with Crippen LogP contribution in [-0.4, -0.2) is 0 Å². The van der Waals surface area contributed by atoms with Crippen LogP contribution in [0.4, 0.5) is 13.2 Å². The van der Waals surface area contributed by atoms with Gasteiger partial charge < -0.3 is 0 Å². The average Bonchev–Trinajstić information content (AvgIpc) is 2.84. The van der Waals surface area contributed by atoms with Gasteiger partial charge in [0.25, 0.3) is 0 Å². The van der Waals surface area contributed by atoms with Crippen molar-refractivity contribution in [1.29, 1.82) is 0 Å². The van der Waals surface area contributed by atoms with Gasteiger partial charge in [0.05, 0.1) is 5.39 Å². The number of fused-ring (bicyclic) bond motifs is 1. The van der Waals surface area contributed by atoms with E-state index in [0.29, 0.717) is 28.9 Å². The first-order chi connectivity index (χ1) is 16.0. The van der Waals surface area contributed by atoms with Gasteiger partial charge >= 0.3 is 0 Å². The molecule has 3 heteroatoms. The van der Waals surface area contributed by atoms with Crippen molar-refractivity contribution < 1.29 is 13.2 Å². The lowest BCUT2D eigenvalue weighted by Crippen LogP contribution is -2.13. The van der Waals surface area contributed by atoms with Crippen molar-refractivity contribution in [3.05, 3.63) is 71.0 Å². The molecule has 1 saturated carbocycles. The second kappa shape index (κ2) is 10.8. The number of unbranched alkanes of at least 4 members (excludes halogenated alkanes) is 2. The minimum absolute atomic E-state index is 0.189. The molecule has 0 unspecified atom stereocenters. The summed E-state index contributed by atoms with van der Waals surface area (Å²) in [5.41, 5.74) is 2.53. The molecular weight excluding hydrogens is 417 g/mol. The Morgan fingerprint density at radius 1 is 0.758 bits per heavy atom. The molecule has 0 aromatic heterocycles. The van der Waals surface area contributed by atoms with Crippen LogP contribution in [0, 0.1) is 23.4 Å². The van der Waals surface area contributed by atoms with Crippen LogP contribution in [0.2, 0.25) is 0 Å². The molecule has 176 valence electrons. The molecule has 0 heterocycles. The molecule has 0 saturated heterocycles. The first-order valence-corrected chi connectivity index (χ1v) is 12.7. The summed E-state index contributed by atoms with van der Waals surface area (Å²) in [5, 5.41) is 0.154. The van der Waals surface area contributed by atoms with Gasteiger partial charge in [0, 0.05) is 5.56 Å². The molecule has 0 aliphatic heterocycles. The molecule has 0 bridgehead atoms. The van der Waals surface area contributed by atoms with Crippen molar-refractivity contribution >= 4 is 10.8 Å².